The van der Waals surface area contributed by atoms with Crippen molar-refractivity contribution in [1.29, 1.82) is 0 Å². The molecule has 1 amide bonds. The number of piperidine rings is 1. The highest BCUT2D eigenvalue weighted by molar-refractivity contribution is 6.12. The molecule has 2 aromatic heterocycles. The molecule has 13 heteroatoms. The summed E-state index contributed by atoms with van der Waals surface area (Å²) in [5.41, 5.74) is 14.5. The van der Waals surface area contributed by atoms with Crippen molar-refractivity contribution in [3.8, 4) is 11.5 Å². The summed E-state index contributed by atoms with van der Waals surface area (Å²) in [4.78, 5) is 30.4. The third-order valence-corrected chi connectivity index (χ3v) is 8.09. The molecule has 0 spiro atoms. The van der Waals surface area contributed by atoms with Crippen LogP contribution in [-0.2, 0) is 4.79 Å². The second-order valence-electron chi connectivity index (χ2n) is 11.1. The summed E-state index contributed by atoms with van der Waals surface area (Å²) in [6, 6.07) is 10.7. The Morgan fingerprint density at radius 2 is 1.89 bits per heavy atom. The second-order valence-corrected chi connectivity index (χ2v) is 11.1. The van der Waals surface area contributed by atoms with Crippen LogP contribution in [-0.4, -0.2) is 57.6 Å². The Morgan fingerprint density at radius 1 is 1.17 bits per heavy atom. The Hall–Kier alpha value is -5.30. The van der Waals surface area contributed by atoms with Crippen molar-refractivity contribution < 1.29 is 32.2 Å². The number of nitrogens with zero attached hydrogens (tertiary/aromatic N) is 3. The van der Waals surface area contributed by atoms with Crippen molar-refractivity contribution >= 4 is 34.1 Å². The molecule has 0 saturated carbocycles. The zero-order chi connectivity index (χ0) is 33.8. The van der Waals surface area contributed by atoms with Crippen LogP contribution in [0.15, 0.2) is 78.7 Å². The van der Waals surface area contributed by atoms with Gasteiger partial charge in [0, 0.05) is 24.0 Å². The van der Waals surface area contributed by atoms with Crippen molar-refractivity contribution in [2.45, 2.75) is 39.2 Å². The SMILES string of the molecule is C=C(/C=C(C)\C(=C/C)n1ncc(C(=O)c2cc3cc(OC(F)F)c(C4CCN(C(=O)CN)CC4)cc3[nH]2)c1N)Oc1ccccc1F. The molecule has 0 atom stereocenters. The van der Waals surface area contributed by atoms with Crippen LogP contribution in [0.4, 0.5) is 19.0 Å². The monoisotopic (exact) mass is 648 g/mol. The number of amides is 1. The molecule has 47 heavy (non-hydrogen) atoms. The molecule has 1 fully saturated rings. The standard InChI is InChI=1S/C34H35F3N6O4/c1-4-28(19(2)13-20(3)46-29-8-6-5-7-25(29)35)43-33(39)24(18-40-43)32(45)27-14-22-15-30(47-34(36)37)23(16-26(22)41-27)21-9-11-42(12-10-21)31(44)17-38/h4-8,13-16,18,21,34,41H,3,9-12,17,38-39H2,1-2H3/b19-13-,28-4+. The van der Waals surface area contributed by atoms with Crippen molar-refractivity contribution in [2.75, 3.05) is 25.4 Å². The minimum Gasteiger partial charge on any atom is -0.455 e. The summed E-state index contributed by atoms with van der Waals surface area (Å²) in [6.07, 6.45) is 5.77. The molecule has 0 unspecified atom stereocenters. The van der Waals surface area contributed by atoms with E-state index in [2.05, 4.69) is 16.7 Å². The number of alkyl halides is 2. The normalized spacial score (nSPS) is 14.6. The van der Waals surface area contributed by atoms with E-state index < -0.39 is 18.2 Å². The number of hydrogen-bond donors (Lipinski definition) is 3. The summed E-state index contributed by atoms with van der Waals surface area (Å²) < 4.78 is 52.7. The van der Waals surface area contributed by atoms with Gasteiger partial charge in [-0.25, -0.2) is 9.07 Å². The van der Waals surface area contributed by atoms with Crippen LogP contribution >= 0.6 is 0 Å². The van der Waals surface area contributed by atoms with Crippen molar-refractivity contribution in [2.24, 2.45) is 5.73 Å². The third kappa shape index (κ3) is 7.09. The first kappa shape index (κ1) is 33.1. The lowest BCUT2D eigenvalue weighted by Gasteiger charge is -2.32. The largest absolute Gasteiger partial charge is 0.455 e. The Bertz CT molecular complexity index is 1890. The average molecular weight is 649 g/mol. The molecular weight excluding hydrogens is 613 g/mol. The highest BCUT2D eigenvalue weighted by atomic mass is 19.3. The number of rotatable bonds is 11. The Labute approximate surface area is 269 Å². The van der Waals surface area contributed by atoms with Gasteiger partial charge < -0.3 is 30.8 Å². The first-order valence-electron chi connectivity index (χ1n) is 14.9. The maximum Gasteiger partial charge on any atom is 0.387 e. The van der Waals surface area contributed by atoms with Crippen LogP contribution in [0.3, 0.4) is 0 Å². The summed E-state index contributed by atoms with van der Waals surface area (Å²) in [5, 5.41) is 4.83. The number of likely N-dealkylation sites (tertiary alicyclic amines) is 1. The van der Waals surface area contributed by atoms with Gasteiger partial charge in [0.2, 0.25) is 11.7 Å². The van der Waals surface area contributed by atoms with Gasteiger partial charge in [0.15, 0.2) is 11.6 Å². The number of carbonyl (C=O) groups excluding carboxylic acids is 2. The predicted octanol–water partition coefficient (Wildman–Crippen LogP) is 5.98. The number of allylic oxidation sites excluding steroid dienone is 4. The number of carbonyl (C=O) groups is 2. The Kier molecular flexibility index (Phi) is 9.85. The Balaban J connectivity index is 1.39. The van der Waals surface area contributed by atoms with Gasteiger partial charge in [-0.1, -0.05) is 24.8 Å². The van der Waals surface area contributed by atoms with E-state index >= 15 is 0 Å². The molecule has 1 saturated heterocycles. The van der Waals surface area contributed by atoms with Gasteiger partial charge in [0.25, 0.3) is 0 Å². The third-order valence-electron chi connectivity index (χ3n) is 8.09. The fraction of sp³-hybridized carbons (Fsp3) is 0.265. The number of H-pyrrole nitrogens is 1. The summed E-state index contributed by atoms with van der Waals surface area (Å²) >= 11 is 0. The predicted molar refractivity (Wildman–Crippen MR) is 172 cm³/mol. The number of anilines is 1. The number of ether oxygens (including phenoxy) is 2. The van der Waals surface area contributed by atoms with Crippen LogP contribution in [0.25, 0.3) is 16.6 Å². The number of hydrogen-bond acceptors (Lipinski definition) is 7. The number of para-hydroxylation sites is 1. The van der Waals surface area contributed by atoms with Crippen molar-refractivity contribution in [1.82, 2.24) is 19.7 Å². The van der Waals surface area contributed by atoms with E-state index in [1.807, 2.05) is 0 Å². The molecule has 5 rings (SSSR count). The highest BCUT2D eigenvalue weighted by Crippen LogP contribution is 2.38. The van der Waals surface area contributed by atoms with Gasteiger partial charge in [-0.05, 0) is 80.2 Å². The van der Waals surface area contributed by atoms with E-state index in [4.69, 9.17) is 20.9 Å². The molecular formula is C34H35F3N6O4. The molecule has 1 aliphatic heterocycles. The lowest BCUT2D eigenvalue weighted by atomic mass is 9.88. The fourth-order valence-corrected chi connectivity index (χ4v) is 5.79. The van der Waals surface area contributed by atoms with Gasteiger partial charge >= 0.3 is 6.61 Å². The maximum atomic E-state index is 14.0. The lowest BCUT2D eigenvalue weighted by Crippen LogP contribution is -2.41. The number of nitrogen functional groups attached to an aromatic ring is 1. The molecule has 2 aromatic carbocycles. The number of halogens is 3. The average Bonchev–Trinajstić information content (AvgIpc) is 3.64. The summed E-state index contributed by atoms with van der Waals surface area (Å²) in [5.74, 6) is -1.01. The highest BCUT2D eigenvalue weighted by Gasteiger charge is 2.28. The van der Waals surface area contributed by atoms with Gasteiger partial charge in [-0.3, -0.25) is 9.59 Å². The van der Waals surface area contributed by atoms with E-state index in [-0.39, 0.29) is 52.7 Å². The van der Waals surface area contributed by atoms with Crippen LogP contribution in [0, 0.1) is 5.82 Å². The molecule has 10 nitrogen and oxygen atoms in total. The van der Waals surface area contributed by atoms with Crippen molar-refractivity contribution in [3.05, 3.63) is 101 Å². The number of aromatic amines is 1. The maximum absolute atomic E-state index is 14.0. The number of nitrogens with one attached hydrogen (secondary N) is 1. The first-order chi connectivity index (χ1) is 22.5. The summed E-state index contributed by atoms with van der Waals surface area (Å²) in [6.45, 7) is 5.14. The van der Waals surface area contributed by atoms with E-state index in [1.54, 1.807) is 55.2 Å². The van der Waals surface area contributed by atoms with E-state index in [1.165, 1.54) is 29.1 Å². The molecule has 246 valence electrons. The molecule has 1 aliphatic rings. The zero-order valence-corrected chi connectivity index (χ0v) is 25.9. The molecule has 4 aromatic rings. The number of benzene rings is 2. The summed E-state index contributed by atoms with van der Waals surface area (Å²) in [7, 11) is 0. The van der Waals surface area contributed by atoms with E-state index in [0.29, 0.717) is 53.7 Å². The minimum absolute atomic E-state index is 0.0157. The number of fused-ring (bicyclic) bond motifs is 1. The van der Waals surface area contributed by atoms with Gasteiger partial charge in [0.05, 0.1) is 29.7 Å². The lowest BCUT2D eigenvalue weighted by molar-refractivity contribution is -0.130. The van der Waals surface area contributed by atoms with Crippen LogP contribution in [0.5, 0.6) is 11.5 Å². The van der Waals surface area contributed by atoms with Gasteiger partial charge in [-0.2, -0.15) is 13.9 Å². The molecule has 0 radical (unpaired) electrons. The quantitative estimate of drug-likeness (QED) is 0.103. The molecule has 3 heterocycles. The van der Waals surface area contributed by atoms with E-state index in [0.717, 1.165) is 0 Å². The van der Waals surface area contributed by atoms with Gasteiger partial charge in [0.1, 0.15) is 17.3 Å². The van der Waals surface area contributed by atoms with Crippen LogP contribution < -0.4 is 20.9 Å². The zero-order valence-electron chi connectivity index (χ0n) is 25.9. The van der Waals surface area contributed by atoms with Crippen molar-refractivity contribution in [3.63, 3.8) is 0 Å². The molecule has 0 aliphatic carbocycles. The van der Waals surface area contributed by atoms with Crippen LogP contribution in [0.2, 0.25) is 0 Å². The van der Waals surface area contributed by atoms with E-state index in [9.17, 15) is 22.8 Å². The van der Waals surface area contributed by atoms with Crippen LogP contribution in [0.1, 0.15) is 54.2 Å². The topological polar surface area (TPSA) is 141 Å². The molecule has 5 N–H and O–H groups in total. The van der Waals surface area contributed by atoms with Gasteiger partial charge in [-0.15, -0.1) is 0 Å². The minimum atomic E-state index is -3.04. The molecule has 0 bridgehead atoms. The second kappa shape index (κ2) is 14.0. The smallest absolute Gasteiger partial charge is 0.387 e. The number of ketones is 1. The number of nitrogens with two attached hydrogens (primary N) is 2. The first-order valence-corrected chi connectivity index (χ1v) is 14.9. The number of aromatic nitrogens is 3. The fourth-order valence-electron chi connectivity index (χ4n) is 5.79. The Morgan fingerprint density at radius 3 is 2.55 bits per heavy atom.